The Hall–Kier alpha value is -3.85. The highest BCUT2D eigenvalue weighted by Gasteiger charge is 2.24. The molecule has 8 nitrogen and oxygen atoms in total. The van der Waals surface area contributed by atoms with E-state index in [0.717, 1.165) is 5.56 Å². The maximum absolute atomic E-state index is 12.5. The molecule has 0 aromatic heterocycles. The van der Waals surface area contributed by atoms with Gasteiger partial charge in [-0.3, -0.25) is 4.79 Å². The summed E-state index contributed by atoms with van der Waals surface area (Å²) in [6.07, 6.45) is -0.861. The van der Waals surface area contributed by atoms with Gasteiger partial charge in [0.1, 0.15) is 22.9 Å². The first-order chi connectivity index (χ1) is 17.0. The summed E-state index contributed by atoms with van der Waals surface area (Å²) in [6, 6.07) is 22.2. The van der Waals surface area contributed by atoms with E-state index in [2.05, 4.69) is 5.32 Å². The Morgan fingerprint density at radius 1 is 0.861 bits per heavy atom. The molecule has 9 heteroatoms. The van der Waals surface area contributed by atoms with E-state index in [1.54, 1.807) is 51.1 Å². The monoisotopic (exact) mass is 511 g/mol. The number of carbonyl (C=O) groups is 2. The van der Waals surface area contributed by atoms with Gasteiger partial charge in [0.2, 0.25) is 0 Å². The summed E-state index contributed by atoms with van der Waals surface area (Å²) in [5, 5.41) is 2.69. The van der Waals surface area contributed by atoms with Gasteiger partial charge in [0.05, 0.1) is 12.5 Å². The summed E-state index contributed by atoms with van der Waals surface area (Å²) < 4.78 is 40.9. The molecule has 0 aliphatic carbocycles. The van der Waals surface area contributed by atoms with Crippen LogP contribution in [0.2, 0.25) is 0 Å². The van der Waals surface area contributed by atoms with Crippen molar-refractivity contribution >= 4 is 22.2 Å². The van der Waals surface area contributed by atoms with E-state index in [4.69, 9.17) is 13.7 Å². The molecule has 0 radical (unpaired) electrons. The maximum Gasteiger partial charge on any atom is 0.407 e. The van der Waals surface area contributed by atoms with E-state index in [-0.39, 0.29) is 23.7 Å². The van der Waals surface area contributed by atoms with Crippen molar-refractivity contribution in [1.29, 1.82) is 0 Å². The van der Waals surface area contributed by atoms with Gasteiger partial charge in [0, 0.05) is 0 Å². The quantitative estimate of drug-likeness (QED) is 0.312. The molecule has 1 unspecified atom stereocenters. The Labute approximate surface area is 211 Å². The Kier molecular flexibility index (Phi) is 8.71. The molecule has 0 bridgehead atoms. The fraction of sp³-hybridized carbons (Fsp3) is 0.259. The number of carbonyl (C=O) groups excluding carboxylic acids is 2. The second-order valence-electron chi connectivity index (χ2n) is 8.97. The Bertz CT molecular complexity index is 1250. The van der Waals surface area contributed by atoms with Crippen LogP contribution >= 0.6 is 0 Å². The predicted molar refractivity (Wildman–Crippen MR) is 134 cm³/mol. The van der Waals surface area contributed by atoms with Crippen molar-refractivity contribution in [1.82, 2.24) is 5.32 Å². The summed E-state index contributed by atoms with van der Waals surface area (Å²) in [4.78, 5) is 25.0. The molecule has 3 aromatic rings. The van der Waals surface area contributed by atoms with Gasteiger partial charge in [-0.05, 0) is 56.2 Å². The second-order valence-corrected chi connectivity index (χ2v) is 10.5. The first kappa shape index (κ1) is 26.7. The van der Waals surface area contributed by atoms with Gasteiger partial charge < -0.3 is 19.0 Å². The van der Waals surface area contributed by atoms with Crippen LogP contribution in [0.1, 0.15) is 44.4 Å². The molecule has 0 fully saturated rings. The van der Waals surface area contributed by atoms with E-state index >= 15 is 0 Å². The van der Waals surface area contributed by atoms with Gasteiger partial charge in [-0.15, -0.1) is 0 Å². The van der Waals surface area contributed by atoms with Crippen molar-refractivity contribution in [3.05, 3.63) is 96.1 Å². The third kappa shape index (κ3) is 8.42. The molecular formula is C27H29NO7S. The van der Waals surface area contributed by atoms with Crippen LogP contribution in [0.15, 0.2) is 89.8 Å². The van der Waals surface area contributed by atoms with Crippen molar-refractivity contribution in [3.8, 4) is 5.75 Å². The number of hydrogen-bond acceptors (Lipinski definition) is 7. The zero-order valence-corrected chi connectivity index (χ0v) is 21.2. The number of nitrogens with one attached hydrogen (secondary N) is 1. The Morgan fingerprint density at radius 3 is 2.03 bits per heavy atom. The Morgan fingerprint density at radius 2 is 1.44 bits per heavy atom. The fourth-order valence-corrected chi connectivity index (χ4v) is 4.18. The van der Waals surface area contributed by atoms with Gasteiger partial charge in [0.15, 0.2) is 0 Å². The van der Waals surface area contributed by atoms with Crippen LogP contribution in [-0.2, 0) is 31.0 Å². The minimum Gasteiger partial charge on any atom is -0.460 e. The van der Waals surface area contributed by atoms with E-state index in [0.29, 0.717) is 5.56 Å². The zero-order chi connectivity index (χ0) is 26.2. The number of amides is 1. The van der Waals surface area contributed by atoms with Crippen molar-refractivity contribution in [2.24, 2.45) is 0 Å². The van der Waals surface area contributed by atoms with E-state index < -0.39 is 33.8 Å². The summed E-state index contributed by atoms with van der Waals surface area (Å²) in [6.45, 7) is 5.32. The number of alkyl carbamates (subject to hydrolysis) is 1. The number of esters is 1. The van der Waals surface area contributed by atoms with E-state index in [1.165, 1.54) is 24.3 Å². The minimum absolute atomic E-state index is 0.0275. The summed E-state index contributed by atoms with van der Waals surface area (Å²) in [5.74, 6) is -0.423. The van der Waals surface area contributed by atoms with E-state index in [1.807, 2.05) is 30.3 Å². The molecule has 0 heterocycles. The van der Waals surface area contributed by atoms with Crippen molar-refractivity contribution in [2.75, 3.05) is 0 Å². The minimum atomic E-state index is -4.00. The molecule has 3 aromatic carbocycles. The molecule has 0 saturated carbocycles. The smallest absolute Gasteiger partial charge is 0.407 e. The van der Waals surface area contributed by atoms with Crippen LogP contribution in [0.4, 0.5) is 4.79 Å². The van der Waals surface area contributed by atoms with Crippen LogP contribution in [-0.4, -0.2) is 26.1 Å². The lowest BCUT2D eigenvalue weighted by molar-refractivity contribution is -0.155. The first-order valence-corrected chi connectivity index (χ1v) is 12.7. The van der Waals surface area contributed by atoms with Gasteiger partial charge in [-0.2, -0.15) is 8.42 Å². The van der Waals surface area contributed by atoms with Gasteiger partial charge in [-0.25, -0.2) is 4.79 Å². The highest BCUT2D eigenvalue weighted by molar-refractivity contribution is 7.87. The van der Waals surface area contributed by atoms with Crippen LogP contribution in [0.5, 0.6) is 5.75 Å². The molecule has 3 rings (SSSR count). The predicted octanol–water partition coefficient (Wildman–Crippen LogP) is 5.15. The normalized spacial score (nSPS) is 12.3. The maximum atomic E-state index is 12.5. The van der Waals surface area contributed by atoms with Crippen LogP contribution in [0, 0.1) is 0 Å². The second kappa shape index (κ2) is 11.7. The molecule has 36 heavy (non-hydrogen) atoms. The third-order valence-electron chi connectivity index (χ3n) is 4.82. The number of rotatable bonds is 9. The largest absolute Gasteiger partial charge is 0.460 e. The Balaban J connectivity index is 1.73. The highest BCUT2D eigenvalue weighted by Crippen LogP contribution is 2.24. The van der Waals surface area contributed by atoms with Gasteiger partial charge in [0.25, 0.3) is 0 Å². The number of benzene rings is 3. The molecule has 1 atom stereocenters. The molecule has 0 aliphatic rings. The SMILES string of the molecule is CC(C)(C)OC(=O)CC(NC(=O)OCc1ccccc1)c1ccc(OS(=O)(=O)c2ccccc2)cc1. The molecule has 0 aliphatic heterocycles. The van der Waals surface area contributed by atoms with Crippen molar-refractivity contribution in [3.63, 3.8) is 0 Å². The lowest BCUT2D eigenvalue weighted by Gasteiger charge is -2.23. The molecular weight excluding hydrogens is 482 g/mol. The van der Waals surface area contributed by atoms with E-state index in [9.17, 15) is 18.0 Å². The topological polar surface area (TPSA) is 108 Å². The highest BCUT2D eigenvalue weighted by atomic mass is 32.2. The van der Waals surface area contributed by atoms with Gasteiger partial charge in [-0.1, -0.05) is 60.7 Å². The average molecular weight is 512 g/mol. The van der Waals surface area contributed by atoms with Crippen LogP contribution in [0.3, 0.4) is 0 Å². The summed E-state index contributed by atoms with van der Waals surface area (Å²) >= 11 is 0. The van der Waals surface area contributed by atoms with Gasteiger partial charge >= 0.3 is 22.2 Å². The fourth-order valence-electron chi connectivity index (χ4n) is 3.23. The molecule has 0 saturated heterocycles. The van der Waals surface area contributed by atoms with Crippen LogP contribution in [0.25, 0.3) is 0 Å². The lowest BCUT2D eigenvalue weighted by Crippen LogP contribution is -2.33. The van der Waals surface area contributed by atoms with Crippen molar-refractivity contribution in [2.45, 2.75) is 50.3 Å². The molecule has 0 spiro atoms. The summed E-state index contributed by atoms with van der Waals surface area (Å²) in [5.41, 5.74) is 0.665. The first-order valence-electron chi connectivity index (χ1n) is 11.3. The zero-order valence-electron chi connectivity index (χ0n) is 20.3. The standard InChI is InChI=1S/C27H29NO7S/c1-27(2,3)34-25(29)18-24(28-26(30)33-19-20-10-6-4-7-11-20)21-14-16-22(17-15-21)35-36(31,32)23-12-8-5-9-13-23/h4-17,24H,18-19H2,1-3H3,(H,28,30). The van der Waals surface area contributed by atoms with Crippen molar-refractivity contribution < 1.29 is 31.7 Å². The third-order valence-corrected chi connectivity index (χ3v) is 6.08. The lowest BCUT2D eigenvalue weighted by atomic mass is 10.0. The number of hydrogen-bond donors (Lipinski definition) is 1. The summed E-state index contributed by atoms with van der Waals surface area (Å²) in [7, 11) is -4.00. The average Bonchev–Trinajstić information content (AvgIpc) is 2.83. The molecule has 190 valence electrons. The number of ether oxygens (including phenoxy) is 2. The molecule has 1 N–H and O–H groups in total. The van der Waals surface area contributed by atoms with Crippen LogP contribution < -0.4 is 9.50 Å². The molecule has 1 amide bonds.